The van der Waals surface area contributed by atoms with E-state index in [0.717, 1.165) is 22.6 Å². The Morgan fingerprint density at radius 3 is 1.33 bits per heavy atom. The minimum absolute atomic E-state index is 0.194. The van der Waals surface area contributed by atoms with Crippen LogP contribution < -0.4 is 9.47 Å². The maximum Gasteiger partial charge on any atom is 0.219 e. The maximum absolute atomic E-state index is 11.0. The van der Waals surface area contributed by atoms with E-state index in [1.54, 1.807) is 14.2 Å². The summed E-state index contributed by atoms with van der Waals surface area (Å²) in [6.07, 6.45) is 0.388. The van der Waals surface area contributed by atoms with Crippen molar-refractivity contribution in [1.82, 2.24) is 0 Å². The number of benzene rings is 2. The number of alkyl halides is 3. The number of ether oxygens (including phenoxy) is 2. The maximum atomic E-state index is 11.0. The lowest BCUT2D eigenvalue weighted by molar-refractivity contribution is 0.0446. The van der Waals surface area contributed by atoms with Gasteiger partial charge in [0.25, 0.3) is 0 Å². The van der Waals surface area contributed by atoms with Crippen LogP contribution in [-0.4, -0.2) is 28.7 Å². The molecule has 2 aromatic rings. The molecule has 130 valence electrons. The van der Waals surface area contributed by atoms with Crippen molar-refractivity contribution in [3.63, 3.8) is 0 Å². The molecular formula is C18H19Cl3O3. The molecule has 0 aliphatic carbocycles. The second-order valence-electron chi connectivity index (χ2n) is 5.58. The van der Waals surface area contributed by atoms with E-state index in [4.69, 9.17) is 44.3 Å². The third kappa shape index (κ3) is 4.70. The molecule has 0 unspecified atom stereocenters. The zero-order valence-electron chi connectivity index (χ0n) is 13.4. The summed E-state index contributed by atoms with van der Waals surface area (Å²) in [4.78, 5) is 0. The average Bonchev–Trinajstić information content (AvgIpc) is 2.55. The predicted octanol–water partition coefficient (Wildman–Crippen LogP) is 4.59. The van der Waals surface area contributed by atoms with Crippen LogP contribution in [0, 0.1) is 0 Å². The molecule has 0 fully saturated rings. The number of rotatable bonds is 6. The first-order valence-electron chi connectivity index (χ1n) is 7.32. The molecule has 0 aliphatic rings. The highest BCUT2D eigenvalue weighted by molar-refractivity contribution is 6.68. The monoisotopic (exact) mass is 388 g/mol. The van der Waals surface area contributed by atoms with Crippen LogP contribution in [0.3, 0.4) is 0 Å². The standard InChI is InChI=1S/C18H19Cl3O3/c1-23-15-7-3-13(4-8-15)11-17(22,18(19,20)21)12-14-5-9-16(24-2)10-6-14/h3-10,22H,11-12H2,1-2H3. The summed E-state index contributed by atoms with van der Waals surface area (Å²) in [5.74, 6) is 1.46. The molecule has 0 bridgehead atoms. The lowest BCUT2D eigenvalue weighted by Crippen LogP contribution is -2.47. The Bertz CT molecular complexity index is 599. The van der Waals surface area contributed by atoms with Crippen LogP contribution in [0.4, 0.5) is 0 Å². The lowest BCUT2D eigenvalue weighted by Gasteiger charge is -2.35. The van der Waals surface area contributed by atoms with Gasteiger partial charge in [0.15, 0.2) is 0 Å². The molecule has 2 rings (SSSR count). The molecule has 3 nitrogen and oxygen atoms in total. The molecule has 0 atom stereocenters. The van der Waals surface area contributed by atoms with Gasteiger partial charge < -0.3 is 14.6 Å². The van der Waals surface area contributed by atoms with Crippen LogP contribution in [0.15, 0.2) is 48.5 Å². The van der Waals surface area contributed by atoms with Gasteiger partial charge in [-0.25, -0.2) is 0 Å². The summed E-state index contributed by atoms with van der Waals surface area (Å²) in [6, 6.07) is 14.6. The molecular weight excluding hydrogens is 371 g/mol. The first-order chi connectivity index (χ1) is 11.3. The van der Waals surface area contributed by atoms with Gasteiger partial charge in [-0.15, -0.1) is 0 Å². The van der Waals surface area contributed by atoms with Crippen LogP contribution in [0.1, 0.15) is 11.1 Å². The summed E-state index contributed by atoms with van der Waals surface area (Å²) in [5, 5.41) is 11.0. The molecule has 1 N–H and O–H groups in total. The Morgan fingerprint density at radius 2 is 1.08 bits per heavy atom. The van der Waals surface area contributed by atoms with Crippen LogP contribution in [0.25, 0.3) is 0 Å². The van der Waals surface area contributed by atoms with Gasteiger partial charge in [-0.3, -0.25) is 0 Å². The largest absolute Gasteiger partial charge is 0.497 e. The smallest absolute Gasteiger partial charge is 0.219 e. The quantitative estimate of drug-likeness (QED) is 0.734. The molecule has 0 aliphatic heterocycles. The third-order valence-corrected chi connectivity index (χ3v) is 4.89. The molecule has 24 heavy (non-hydrogen) atoms. The first-order valence-corrected chi connectivity index (χ1v) is 8.46. The van der Waals surface area contributed by atoms with E-state index in [0.29, 0.717) is 0 Å². The molecule has 0 saturated heterocycles. The molecule has 0 spiro atoms. The van der Waals surface area contributed by atoms with Crippen LogP contribution in [-0.2, 0) is 12.8 Å². The topological polar surface area (TPSA) is 38.7 Å². The summed E-state index contributed by atoms with van der Waals surface area (Å²) >= 11 is 18.3. The highest BCUT2D eigenvalue weighted by atomic mass is 35.6. The Hall–Kier alpha value is -1.13. The Balaban J connectivity index is 2.24. The van der Waals surface area contributed by atoms with Crippen molar-refractivity contribution >= 4 is 34.8 Å². The number of halogens is 3. The minimum atomic E-state index is -1.84. The molecule has 0 radical (unpaired) electrons. The zero-order valence-corrected chi connectivity index (χ0v) is 15.7. The average molecular weight is 390 g/mol. The van der Waals surface area contributed by atoms with Gasteiger partial charge in [-0.2, -0.15) is 0 Å². The van der Waals surface area contributed by atoms with Crippen molar-refractivity contribution in [3.05, 3.63) is 59.7 Å². The van der Waals surface area contributed by atoms with E-state index in [2.05, 4.69) is 0 Å². The van der Waals surface area contributed by atoms with E-state index < -0.39 is 9.39 Å². The van der Waals surface area contributed by atoms with Crippen molar-refractivity contribution in [3.8, 4) is 11.5 Å². The van der Waals surface area contributed by atoms with Gasteiger partial charge in [-0.05, 0) is 35.4 Å². The number of hydrogen-bond donors (Lipinski definition) is 1. The summed E-state index contributed by atoms with van der Waals surface area (Å²) in [7, 11) is 3.19. The second-order valence-corrected chi connectivity index (χ2v) is 7.86. The number of hydrogen-bond acceptors (Lipinski definition) is 3. The summed E-state index contributed by atoms with van der Waals surface area (Å²) < 4.78 is 8.42. The Kier molecular flexibility index (Phi) is 6.27. The third-order valence-electron chi connectivity index (χ3n) is 3.84. The van der Waals surface area contributed by atoms with Gasteiger partial charge in [0, 0.05) is 12.8 Å². The zero-order chi connectivity index (χ0) is 17.8. The van der Waals surface area contributed by atoms with Gasteiger partial charge >= 0.3 is 0 Å². The number of methoxy groups -OCH3 is 2. The molecule has 2 aromatic carbocycles. The van der Waals surface area contributed by atoms with E-state index in [1.165, 1.54) is 0 Å². The van der Waals surface area contributed by atoms with Crippen molar-refractivity contribution in [2.45, 2.75) is 22.2 Å². The van der Waals surface area contributed by atoms with Crippen molar-refractivity contribution < 1.29 is 14.6 Å². The van der Waals surface area contributed by atoms with Crippen molar-refractivity contribution in [2.24, 2.45) is 0 Å². The van der Waals surface area contributed by atoms with Crippen molar-refractivity contribution in [2.75, 3.05) is 14.2 Å². The van der Waals surface area contributed by atoms with Gasteiger partial charge in [0.05, 0.1) is 14.2 Å². The van der Waals surface area contributed by atoms with Gasteiger partial charge in [-0.1, -0.05) is 59.1 Å². The molecule has 0 amide bonds. The minimum Gasteiger partial charge on any atom is -0.497 e. The van der Waals surface area contributed by atoms with E-state index in [-0.39, 0.29) is 12.8 Å². The fourth-order valence-electron chi connectivity index (χ4n) is 2.43. The summed E-state index contributed by atoms with van der Waals surface area (Å²) in [5.41, 5.74) is 0.136. The fourth-order valence-corrected chi connectivity index (χ4v) is 2.83. The number of aliphatic hydroxyl groups is 1. The summed E-state index contributed by atoms with van der Waals surface area (Å²) in [6.45, 7) is 0. The second kappa shape index (κ2) is 7.83. The van der Waals surface area contributed by atoms with Crippen molar-refractivity contribution in [1.29, 1.82) is 0 Å². The first kappa shape index (κ1) is 19.2. The highest BCUT2D eigenvalue weighted by Gasteiger charge is 2.47. The Morgan fingerprint density at radius 1 is 0.750 bits per heavy atom. The van der Waals surface area contributed by atoms with Gasteiger partial charge in [0.2, 0.25) is 3.79 Å². The van der Waals surface area contributed by atoms with Gasteiger partial charge in [0.1, 0.15) is 17.1 Å². The van der Waals surface area contributed by atoms with E-state index >= 15 is 0 Å². The normalized spacial score (nSPS) is 12.1. The fraction of sp³-hybridized carbons (Fsp3) is 0.333. The molecule has 0 saturated carbocycles. The SMILES string of the molecule is COc1ccc(CC(O)(Cc2ccc(OC)cc2)C(Cl)(Cl)Cl)cc1. The van der Waals surface area contributed by atoms with Crippen LogP contribution in [0.5, 0.6) is 11.5 Å². The molecule has 6 heteroatoms. The van der Waals surface area contributed by atoms with Crippen LogP contribution in [0.2, 0.25) is 0 Å². The molecule has 0 aromatic heterocycles. The molecule has 0 heterocycles. The van der Waals surface area contributed by atoms with E-state index in [9.17, 15) is 5.11 Å². The van der Waals surface area contributed by atoms with Crippen LogP contribution >= 0.6 is 34.8 Å². The predicted molar refractivity (Wildman–Crippen MR) is 98.6 cm³/mol. The highest BCUT2D eigenvalue weighted by Crippen LogP contribution is 2.42. The lowest BCUT2D eigenvalue weighted by atomic mass is 9.89. The Labute approximate surface area is 157 Å². The van der Waals surface area contributed by atoms with E-state index in [1.807, 2.05) is 48.5 Å².